The van der Waals surface area contributed by atoms with Crippen molar-refractivity contribution in [2.75, 3.05) is 0 Å². The molecule has 3 heteroatoms. The first-order valence-corrected chi connectivity index (χ1v) is 7.07. The SMILES string of the molecule is Cc1cc(C)cc(C(=O)Cc2sccc2Br)c1. The van der Waals surface area contributed by atoms with Crippen LogP contribution in [0.4, 0.5) is 0 Å². The lowest BCUT2D eigenvalue weighted by Crippen LogP contribution is -2.03. The van der Waals surface area contributed by atoms with Gasteiger partial charge < -0.3 is 0 Å². The predicted octanol–water partition coefficient (Wildman–Crippen LogP) is 4.55. The monoisotopic (exact) mass is 308 g/mol. The van der Waals surface area contributed by atoms with Gasteiger partial charge in [-0.2, -0.15) is 0 Å². The number of carbonyl (C=O) groups is 1. The van der Waals surface area contributed by atoms with Crippen LogP contribution in [0.3, 0.4) is 0 Å². The number of benzene rings is 1. The van der Waals surface area contributed by atoms with Crippen molar-refractivity contribution in [2.24, 2.45) is 0 Å². The third-order valence-electron chi connectivity index (χ3n) is 2.56. The van der Waals surface area contributed by atoms with Gasteiger partial charge in [-0.3, -0.25) is 4.79 Å². The van der Waals surface area contributed by atoms with Crippen molar-refractivity contribution in [1.82, 2.24) is 0 Å². The Labute approximate surface area is 114 Å². The third kappa shape index (κ3) is 3.05. The molecule has 0 radical (unpaired) electrons. The molecule has 1 aromatic heterocycles. The minimum Gasteiger partial charge on any atom is -0.294 e. The highest BCUT2D eigenvalue weighted by atomic mass is 79.9. The van der Waals surface area contributed by atoms with Gasteiger partial charge in [-0.1, -0.05) is 17.2 Å². The molecule has 0 spiro atoms. The maximum absolute atomic E-state index is 12.2. The zero-order chi connectivity index (χ0) is 12.4. The van der Waals surface area contributed by atoms with E-state index in [0.29, 0.717) is 6.42 Å². The first kappa shape index (κ1) is 12.5. The predicted molar refractivity (Wildman–Crippen MR) is 76.0 cm³/mol. The number of hydrogen-bond donors (Lipinski definition) is 0. The van der Waals surface area contributed by atoms with Crippen LogP contribution >= 0.6 is 27.3 Å². The van der Waals surface area contributed by atoms with Gasteiger partial charge in [0, 0.05) is 21.3 Å². The van der Waals surface area contributed by atoms with Crippen LogP contribution in [0.2, 0.25) is 0 Å². The van der Waals surface area contributed by atoms with Crippen LogP contribution in [0, 0.1) is 13.8 Å². The fourth-order valence-electron chi connectivity index (χ4n) is 1.83. The first-order chi connectivity index (χ1) is 8.06. The van der Waals surface area contributed by atoms with Crippen LogP contribution < -0.4 is 0 Å². The molecule has 0 saturated heterocycles. The Bertz CT molecular complexity index is 537. The van der Waals surface area contributed by atoms with Gasteiger partial charge in [0.15, 0.2) is 5.78 Å². The summed E-state index contributed by atoms with van der Waals surface area (Å²) in [6.45, 7) is 4.04. The minimum atomic E-state index is 0.181. The Kier molecular flexibility index (Phi) is 3.79. The number of ketones is 1. The number of carbonyl (C=O) groups excluding carboxylic acids is 1. The van der Waals surface area contributed by atoms with E-state index in [1.807, 2.05) is 37.4 Å². The molecule has 2 rings (SSSR count). The molecule has 17 heavy (non-hydrogen) atoms. The maximum Gasteiger partial charge on any atom is 0.168 e. The first-order valence-electron chi connectivity index (χ1n) is 5.39. The quantitative estimate of drug-likeness (QED) is 0.760. The number of rotatable bonds is 3. The molecule has 0 aliphatic heterocycles. The summed E-state index contributed by atoms with van der Waals surface area (Å²) in [6, 6.07) is 7.97. The highest BCUT2D eigenvalue weighted by Crippen LogP contribution is 2.24. The number of thiophene rings is 1. The van der Waals surface area contributed by atoms with Crippen LogP contribution in [0.1, 0.15) is 26.4 Å². The zero-order valence-corrected chi connectivity index (χ0v) is 12.2. The summed E-state index contributed by atoms with van der Waals surface area (Å²) < 4.78 is 1.03. The van der Waals surface area contributed by atoms with Gasteiger partial charge in [0.05, 0.1) is 0 Å². The second kappa shape index (κ2) is 5.15. The maximum atomic E-state index is 12.2. The Morgan fingerprint density at radius 2 is 1.88 bits per heavy atom. The molecular formula is C14H13BrOS. The van der Waals surface area contributed by atoms with Crippen LogP contribution in [0.15, 0.2) is 34.1 Å². The number of aryl methyl sites for hydroxylation is 2. The summed E-state index contributed by atoms with van der Waals surface area (Å²) in [5, 5.41) is 1.99. The van der Waals surface area contributed by atoms with Crippen molar-refractivity contribution in [2.45, 2.75) is 20.3 Å². The van der Waals surface area contributed by atoms with Crippen molar-refractivity contribution in [3.8, 4) is 0 Å². The van der Waals surface area contributed by atoms with Gasteiger partial charge in [-0.25, -0.2) is 0 Å². The van der Waals surface area contributed by atoms with Gasteiger partial charge in [0.1, 0.15) is 0 Å². The Morgan fingerprint density at radius 3 is 2.41 bits per heavy atom. The normalized spacial score (nSPS) is 10.5. The van der Waals surface area contributed by atoms with E-state index in [4.69, 9.17) is 0 Å². The smallest absolute Gasteiger partial charge is 0.168 e. The molecule has 0 unspecified atom stereocenters. The molecule has 2 aromatic rings. The second-order valence-corrected chi connectivity index (χ2v) is 6.02. The van der Waals surface area contributed by atoms with Crippen molar-refractivity contribution in [3.05, 3.63) is 55.7 Å². The summed E-state index contributed by atoms with van der Waals surface area (Å²) in [4.78, 5) is 13.2. The fourth-order valence-corrected chi connectivity index (χ4v) is 3.33. The summed E-state index contributed by atoms with van der Waals surface area (Å²) in [6.07, 6.45) is 0.473. The summed E-state index contributed by atoms with van der Waals surface area (Å²) in [5.41, 5.74) is 3.08. The van der Waals surface area contributed by atoms with Crippen LogP contribution in [-0.4, -0.2) is 5.78 Å². The minimum absolute atomic E-state index is 0.181. The Balaban J connectivity index is 2.23. The van der Waals surface area contributed by atoms with Gasteiger partial charge in [0.2, 0.25) is 0 Å². The van der Waals surface area contributed by atoms with Crippen molar-refractivity contribution in [3.63, 3.8) is 0 Å². The van der Waals surface area contributed by atoms with Gasteiger partial charge in [0.25, 0.3) is 0 Å². The second-order valence-electron chi connectivity index (χ2n) is 4.17. The van der Waals surface area contributed by atoms with E-state index in [-0.39, 0.29) is 5.78 Å². The largest absolute Gasteiger partial charge is 0.294 e. The molecule has 0 N–H and O–H groups in total. The van der Waals surface area contributed by atoms with Crippen molar-refractivity contribution < 1.29 is 4.79 Å². The molecule has 0 saturated carbocycles. The molecule has 88 valence electrons. The molecular weight excluding hydrogens is 296 g/mol. The molecule has 0 atom stereocenters. The summed E-state index contributed by atoms with van der Waals surface area (Å²) in [5.74, 6) is 0.181. The highest BCUT2D eigenvalue weighted by Gasteiger charge is 2.11. The summed E-state index contributed by atoms with van der Waals surface area (Å²) >= 11 is 5.07. The van der Waals surface area contributed by atoms with Crippen LogP contribution in [-0.2, 0) is 6.42 Å². The van der Waals surface area contributed by atoms with E-state index < -0.39 is 0 Å². The van der Waals surface area contributed by atoms with E-state index in [2.05, 4.69) is 22.0 Å². The van der Waals surface area contributed by atoms with E-state index in [0.717, 1.165) is 26.0 Å². The molecule has 1 aromatic carbocycles. The molecule has 0 fully saturated rings. The third-order valence-corrected chi connectivity index (χ3v) is 4.48. The standard InChI is InChI=1S/C14H13BrOS/c1-9-5-10(2)7-11(6-9)13(16)8-14-12(15)3-4-17-14/h3-7H,8H2,1-2H3. The van der Waals surface area contributed by atoms with Crippen LogP contribution in [0.5, 0.6) is 0 Å². The number of hydrogen-bond acceptors (Lipinski definition) is 2. The zero-order valence-electron chi connectivity index (χ0n) is 9.79. The number of halogens is 1. The molecule has 0 amide bonds. The van der Waals surface area contributed by atoms with Crippen molar-refractivity contribution >= 4 is 33.0 Å². The van der Waals surface area contributed by atoms with E-state index in [1.54, 1.807) is 11.3 Å². The van der Waals surface area contributed by atoms with E-state index >= 15 is 0 Å². The van der Waals surface area contributed by atoms with Gasteiger partial charge >= 0.3 is 0 Å². The Hall–Kier alpha value is -0.930. The number of Topliss-reactive ketones (excluding diaryl/α,β-unsaturated/α-hetero) is 1. The molecule has 0 bridgehead atoms. The van der Waals surface area contributed by atoms with Crippen LogP contribution in [0.25, 0.3) is 0 Å². The topological polar surface area (TPSA) is 17.1 Å². The molecule has 1 nitrogen and oxygen atoms in total. The van der Waals surface area contributed by atoms with Gasteiger partial charge in [-0.15, -0.1) is 11.3 Å². The molecule has 0 aliphatic rings. The lowest BCUT2D eigenvalue weighted by atomic mass is 10.0. The Morgan fingerprint density at radius 1 is 1.24 bits per heavy atom. The molecule has 1 heterocycles. The van der Waals surface area contributed by atoms with E-state index in [1.165, 1.54) is 0 Å². The lowest BCUT2D eigenvalue weighted by molar-refractivity contribution is 0.0993. The van der Waals surface area contributed by atoms with Gasteiger partial charge in [-0.05, 0) is 53.4 Å². The van der Waals surface area contributed by atoms with Crippen molar-refractivity contribution in [1.29, 1.82) is 0 Å². The lowest BCUT2D eigenvalue weighted by Gasteiger charge is -2.04. The van der Waals surface area contributed by atoms with E-state index in [9.17, 15) is 4.79 Å². The average molecular weight is 309 g/mol. The summed E-state index contributed by atoms with van der Waals surface area (Å²) in [7, 11) is 0. The fraction of sp³-hybridized carbons (Fsp3) is 0.214. The highest BCUT2D eigenvalue weighted by molar-refractivity contribution is 9.10. The molecule has 0 aliphatic carbocycles. The average Bonchev–Trinajstić information content (AvgIpc) is 2.63.